The van der Waals surface area contributed by atoms with Crippen molar-refractivity contribution in [3.63, 3.8) is 0 Å². The normalized spacial score (nSPS) is 11.8. The number of nitrogens with two attached hydrogens (primary N) is 1. The van der Waals surface area contributed by atoms with Crippen molar-refractivity contribution in [1.82, 2.24) is 4.90 Å². The average Bonchev–Trinajstić information content (AvgIpc) is 2.38. The molecule has 3 N–H and O–H groups in total. The van der Waals surface area contributed by atoms with Crippen molar-refractivity contribution >= 4 is 17.5 Å². The molecular weight excluding hydrogens is 242 g/mol. The minimum atomic E-state index is -0.136. The third kappa shape index (κ3) is 4.37. The minimum absolute atomic E-state index is 0.122. The summed E-state index contributed by atoms with van der Waals surface area (Å²) in [5.74, 6) is -0.142. The molecular formula is C14H21N3O2. The van der Waals surface area contributed by atoms with Gasteiger partial charge in [-0.1, -0.05) is 19.1 Å². The highest BCUT2D eigenvalue weighted by Crippen LogP contribution is 2.17. The monoisotopic (exact) mass is 263 g/mol. The number of benzene rings is 1. The van der Waals surface area contributed by atoms with Gasteiger partial charge >= 0.3 is 0 Å². The van der Waals surface area contributed by atoms with E-state index in [0.717, 1.165) is 0 Å². The van der Waals surface area contributed by atoms with Crippen LogP contribution in [0.2, 0.25) is 0 Å². The predicted octanol–water partition coefficient (Wildman–Crippen LogP) is 1.31. The topological polar surface area (TPSA) is 75.4 Å². The van der Waals surface area contributed by atoms with Gasteiger partial charge in [-0.2, -0.15) is 0 Å². The number of carbonyl (C=O) groups excluding carboxylic acids is 2. The second-order valence-corrected chi connectivity index (χ2v) is 4.84. The van der Waals surface area contributed by atoms with Crippen molar-refractivity contribution in [3.8, 4) is 0 Å². The SMILES string of the molecule is CC(CN)CC(=O)Nc1ccccc1C(=O)N(C)C. The molecule has 1 aromatic carbocycles. The smallest absolute Gasteiger partial charge is 0.255 e. The summed E-state index contributed by atoms with van der Waals surface area (Å²) in [5.41, 5.74) is 6.52. The summed E-state index contributed by atoms with van der Waals surface area (Å²) in [4.78, 5) is 25.3. The number of nitrogens with one attached hydrogen (secondary N) is 1. The highest BCUT2D eigenvalue weighted by atomic mass is 16.2. The Balaban J connectivity index is 2.84. The van der Waals surface area contributed by atoms with Gasteiger partial charge in [0.15, 0.2) is 0 Å². The van der Waals surface area contributed by atoms with Gasteiger partial charge in [0.05, 0.1) is 11.3 Å². The first-order valence-electron chi connectivity index (χ1n) is 6.26. The molecule has 1 aromatic rings. The quantitative estimate of drug-likeness (QED) is 0.841. The Hall–Kier alpha value is -1.88. The summed E-state index contributed by atoms with van der Waals surface area (Å²) in [6.07, 6.45) is 0.348. The van der Waals surface area contributed by atoms with E-state index in [1.807, 2.05) is 6.92 Å². The van der Waals surface area contributed by atoms with Crippen molar-refractivity contribution < 1.29 is 9.59 Å². The van der Waals surface area contributed by atoms with E-state index in [4.69, 9.17) is 5.73 Å². The first kappa shape index (κ1) is 15.2. The summed E-state index contributed by atoms with van der Waals surface area (Å²) in [5, 5.41) is 2.77. The van der Waals surface area contributed by atoms with Gasteiger partial charge in [-0.05, 0) is 24.6 Å². The van der Waals surface area contributed by atoms with Gasteiger partial charge in [0.1, 0.15) is 0 Å². The van der Waals surface area contributed by atoms with Crippen LogP contribution in [0.5, 0.6) is 0 Å². The average molecular weight is 263 g/mol. The Morgan fingerprint density at radius 1 is 1.32 bits per heavy atom. The van der Waals surface area contributed by atoms with Gasteiger partial charge in [0.25, 0.3) is 5.91 Å². The first-order valence-corrected chi connectivity index (χ1v) is 6.26. The first-order chi connectivity index (χ1) is 8.95. The Kier molecular flexibility index (Phi) is 5.51. The van der Waals surface area contributed by atoms with E-state index in [-0.39, 0.29) is 17.7 Å². The maximum atomic E-state index is 12.0. The zero-order valence-electron chi connectivity index (χ0n) is 11.6. The van der Waals surface area contributed by atoms with Crippen LogP contribution in [0.4, 0.5) is 5.69 Å². The van der Waals surface area contributed by atoms with Gasteiger partial charge in [-0.25, -0.2) is 0 Å². The molecule has 0 heterocycles. The Morgan fingerprint density at radius 2 is 1.95 bits per heavy atom. The van der Waals surface area contributed by atoms with Gasteiger partial charge in [0, 0.05) is 20.5 Å². The molecule has 0 radical (unpaired) electrons. The summed E-state index contributed by atoms with van der Waals surface area (Å²) in [7, 11) is 3.36. The second kappa shape index (κ2) is 6.89. The van der Waals surface area contributed by atoms with E-state index in [2.05, 4.69) is 5.32 Å². The van der Waals surface area contributed by atoms with E-state index in [9.17, 15) is 9.59 Å². The Bertz CT molecular complexity index is 458. The molecule has 19 heavy (non-hydrogen) atoms. The van der Waals surface area contributed by atoms with Gasteiger partial charge in [-0.3, -0.25) is 9.59 Å². The van der Waals surface area contributed by atoms with Crippen LogP contribution in [0.3, 0.4) is 0 Å². The maximum absolute atomic E-state index is 12.0. The molecule has 1 rings (SSSR count). The van der Waals surface area contributed by atoms with Crippen LogP contribution >= 0.6 is 0 Å². The molecule has 5 nitrogen and oxygen atoms in total. The van der Waals surface area contributed by atoms with Crippen molar-refractivity contribution in [1.29, 1.82) is 0 Å². The minimum Gasteiger partial charge on any atom is -0.345 e. The van der Waals surface area contributed by atoms with Crippen LogP contribution in [-0.2, 0) is 4.79 Å². The number of rotatable bonds is 5. The predicted molar refractivity (Wildman–Crippen MR) is 75.9 cm³/mol. The standard InChI is InChI=1S/C14H21N3O2/c1-10(9-15)8-13(18)16-12-7-5-4-6-11(12)14(19)17(2)3/h4-7,10H,8-9,15H2,1-3H3,(H,16,18). The lowest BCUT2D eigenvalue weighted by Crippen LogP contribution is -2.25. The Labute approximate surface area is 113 Å². The molecule has 1 atom stereocenters. The largest absolute Gasteiger partial charge is 0.345 e. The molecule has 0 fully saturated rings. The highest BCUT2D eigenvalue weighted by Gasteiger charge is 2.15. The van der Waals surface area contributed by atoms with Crippen molar-refractivity contribution in [2.75, 3.05) is 26.0 Å². The molecule has 1 unspecified atom stereocenters. The van der Waals surface area contributed by atoms with E-state index in [1.165, 1.54) is 4.90 Å². The Morgan fingerprint density at radius 3 is 2.53 bits per heavy atom. The van der Waals surface area contributed by atoms with Crippen LogP contribution in [0.25, 0.3) is 0 Å². The lowest BCUT2D eigenvalue weighted by molar-refractivity contribution is -0.116. The molecule has 104 valence electrons. The second-order valence-electron chi connectivity index (χ2n) is 4.84. The van der Waals surface area contributed by atoms with Crippen molar-refractivity contribution in [2.24, 2.45) is 11.7 Å². The van der Waals surface area contributed by atoms with Crippen molar-refractivity contribution in [3.05, 3.63) is 29.8 Å². The van der Waals surface area contributed by atoms with Gasteiger partial charge < -0.3 is 16.0 Å². The van der Waals surface area contributed by atoms with Crippen LogP contribution in [0, 0.1) is 5.92 Å². The van der Waals surface area contributed by atoms with E-state index in [0.29, 0.717) is 24.2 Å². The molecule has 0 saturated heterocycles. The summed E-state index contributed by atoms with van der Waals surface area (Å²) >= 11 is 0. The lowest BCUT2D eigenvalue weighted by Gasteiger charge is -2.15. The molecule has 0 saturated carbocycles. The molecule has 2 amide bonds. The lowest BCUT2D eigenvalue weighted by atomic mass is 10.1. The van der Waals surface area contributed by atoms with Gasteiger partial charge in [0.2, 0.25) is 5.91 Å². The van der Waals surface area contributed by atoms with E-state index < -0.39 is 0 Å². The number of para-hydroxylation sites is 1. The van der Waals surface area contributed by atoms with Crippen LogP contribution in [-0.4, -0.2) is 37.4 Å². The molecule has 0 aliphatic carbocycles. The molecule has 0 aliphatic rings. The molecule has 0 aromatic heterocycles. The fourth-order valence-corrected chi connectivity index (χ4v) is 1.62. The highest BCUT2D eigenvalue weighted by molar-refractivity contribution is 6.03. The third-order valence-corrected chi connectivity index (χ3v) is 2.77. The number of anilines is 1. The molecule has 0 bridgehead atoms. The zero-order valence-corrected chi connectivity index (χ0v) is 11.6. The maximum Gasteiger partial charge on any atom is 0.255 e. The fourth-order valence-electron chi connectivity index (χ4n) is 1.62. The zero-order chi connectivity index (χ0) is 14.4. The van der Waals surface area contributed by atoms with Crippen LogP contribution in [0.1, 0.15) is 23.7 Å². The third-order valence-electron chi connectivity index (χ3n) is 2.77. The fraction of sp³-hybridized carbons (Fsp3) is 0.429. The summed E-state index contributed by atoms with van der Waals surface area (Å²) < 4.78 is 0. The molecule has 0 aliphatic heterocycles. The van der Waals surface area contributed by atoms with Gasteiger partial charge in [-0.15, -0.1) is 0 Å². The number of hydrogen-bond acceptors (Lipinski definition) is 3. The summed E-state index contributed by atoms with van der Waals surface area (Å²) in [6.45, 7) is 2.38. The van der Waals surface area contributed by atoms with Crippen molar-refractivity contribution in [2.45, 2.75) is 13.3 Å². The van der Waals surface area contributed by atoms with Crippen LogP contribution in [0.15, 0.2) is 24.3 Å². The summed E-state index contributed by atoms with van der Waals surface area (Å²) in [6, 6.07) is 6.98. The van der Waals surface area contributed by atoms with Crippen LogP contribution < -0.4 is 11.1 Å². The number of amides is 2. The molecule has 5 heteroatoms. The number of nitrogens with zero attached hydrogens (tertiary/aromatic N) is 1. The van der Waals surface area contributed by atoms with E-state index in [1.54, 1.807) is 38.4 Å². The number of hydrogen-bond donors (Lipinski definition) is 2. The van der Waals surface area contributed by atoms with E-state index >= 15 is 0 Å². The molecule has 0 spiro atoms. The number of carbonyl (C=O) groups is 2.